The summed E-state index contributed by atoms with van der Waals surface area (Å²) in [6, 6.07) is 3.77. The van der Waals surface area contributed by atoms with Crippen molar-refractivity contribution in [1.82, 2.24) is 0 Å². The highest BCUT2D eigenvalue weighted by Crippen LogP contribution is 2.26. The van der Waals surface area contributed by atoms with Crippen molar-refractivity contribution in [1.29, 1.82) is 0 Å². The summed E-state index contributed by atoms with van der Waals surface area (Å²) < 4.78 is 0. The van der Waals surface area contributed by atoms with E-state index < -0.39 is 0 Å². The molecule has 1 aromatic carbocycles. The van der Waals surface area contributed by atoms with Crippen LogP contribution in [0.2, 0.25) is 0 Å². The molecule has 2 aromatic rings. The number of phenols is 1. The van der Waals surface area contributed by atoms with Gasteiger partial charge in [-0.2, -0.15) is 0 Å². The Balaban J connectivity index is 2.21. The molecule has 1 aromatic heterocycles. The Morgan fingerprint density at radius 2 is 1.83 bits per heavy atom. The SMILES string of the molecule is Cc1cc(C=CC(=O)c2scc(CC(C)C)c2C)cc(C)c1O. The summed E-state index contributed by atoms with van der Waals surface area (Å²) in [4.78, 5) is 13.3. The Bertz CT molecular complexity index is 728. The number of rotatable bonds is 5. The van der Waals surface area contributed by atoms with Crippen LogP contribution in [0.15, 0.2) is 23.6 Å². The molecule has 0 unspecified atom stereocenters. The van der Waals surface area contributed by atoms with Crippen molar-refractivity contribution in [3.05, 3.63) is 56.3 Å². The first kappa shape index (κ1) is 17.5. The van der Waals surface area contributed by atoms with Gasteiger partial charge in [-0.05, 0) is 84.5 Å². The lowest BCUT2D eigenvalue weighted by Gasteiger charge is -2.05. The van der Waals surface area contributed by atoms with E-state index in [1.165, 1.54) is 16.9 Å². The maximum Gasteiger partial charge on any atom is 0.196 e. The molecule has 2 nitrogen and oxygen atoms in total. The number of ketones is 1. The Morgan fingerprint density at radius 1 is 1.22 bits per heavy atom. The van der Waals surface area contributed by atoms with Gasteiger partial charge in [-0.3, -0.25) is 4.79 Å². The van der Waals surface area contributed by atoms with E-state index in [2.05, 4.69) is 19.2 Å². The van der Waals surface area contributed by atoms with Gasteiger partial charge in [0.15, 0.2) is 5.78 Å². The predicted molar refractivity (Wildman–Crippen MR) is 98.5 cm³/mol. The molecule has 0 fully saturated rings. The Morgan fingerprint density at radius 3 is 2.39 bits per heavy atom. The summed E-state index contributed by atoms with van der Waals surface area (Å²) in [6.07, 6.45) is 4.46. The van der Waals surface area contributed by atoms with Gasteiger partial charge in [-0.25, -0.2) is 0 Å². The standard InChI is InChI=1S/C20H24O2S/c1-12(2)8-17-11-23-20(15(17)5)18(21)7-6-16-9-13(3)19(22)14(4)10-16/h6-7,9-12,22H,8H2,1-5H3. The largest absolute Gasteiger partial charge is 0.507 e. The van der Waals surface area contributed by atoms with Crippen molar-refractivity contribution >= 4 is 23.2 Å². The minimum absolute atomic E-state index is 0.0471. The number of carbonyl (C=O) groups excluding carboxylic acids is 1. The molecule has 23 heavy (non-hydrogen) atoms. The highest BCUT2D eigenvalue weighted by atomic mass is 32.1. The van der Waals surface area contributed by atoms with Crippen molar-refractivity contribution in [3.8, 4) is 5.75 Å². The zero-order valence-corrected chi connectivity index (χ0v) is 15.3. The van der Waals surface area contributed by atoms with Crippen LogP contribution in [-0.4, -0.2) is 10.9 Å². The molecule has 0 aliphatic rings. The van der Waals surface area contributed by atoms with E-state index in [9.17, 15) is 9.90 Å². The Kier molecular flexibility index (Phi) is 5.42. The first-order valence-electron chi connectivity index (χ1n) is 7.89. The van der Waals surface area contributed by atoms with Crippen LogP contribution in [0.5, 0.6) is 5.75 Å². The quantitative estimate of drug-likeness (QED) is 0.583. The second kappa shape index (κ2) is 7.14. The monoisotopic (exact) mass is 328 g/mol. The maximum absolute atomic E-state index is 12.4. The lowest BCUT2D eigenvalue weighted by Crippen LogP contribution is -1.98. The van der Waals surface area contributed by atoms with Crippen molar-refractivity contribution in [2.75, 3.05) is 0 Å². The third-order valence-corrected chi connectivity index (χ3v) is 5.08. The average molecular weight is 328 g/mol. The van der Waals surface area contributed by atoms with Crippen molar-refractivity contribution < 1.29 is 9.90 Å². The molecule has 0 amide bonds. The summed E-state index contributed by atoms with van der Waals surface area (Å²) in [5.41, 5.74) is 4.96. The second-order valence-corrected chi connectivity index (χ2v) is 7.39. The fraction of sp³-hybridized carbons (Fsp3) is 0.350. The fourth-order valence-corrected chi connectivity index (χ4v) is 3.69. The van der Waals surface area contributed by atoms with Crippen LogP contribution in [0.4, 0.5) is 0 Å². The molecule has 0 saturated carbocycles. The fourth-order valence-electron chi connectivity index (χ4n) is 2.67. The first-order chi connectivity index (χ1) is 10.8. The van der Waals surface area contributed by atoms with Crippen LogP contribution in [-0.2, 0) is 6.42 Å². The number of aromatic hydroxyl groups is 1. The van der Waals surface area contributed by atoms with Crippen LogP contribution >= 0.6 is 11.3 Å². The zero-order chi connectivity index (χ0) is 17.1. The molecule has 0 atom stereocenters. The van der Waals surface area contributed by atoms with Crippen molar-refractivity contribution in [3.63, 3.8) is 0 Å². The summed E-state index contributed by atoms with van der Waals surface area (Å²) in [7, 11) is 0. The third kappa shape index (κ3) is 4.11. The molecule has 0 aliphatic heterocycles. The molecule has 0 radical (unpaired) electrons. The molecular formula is C20H24O2S. The lowest BCUT2D eigenvalue weighted by molar-refractivity contribution is 0.105. The van der Waals surface area contributed by atoms with Crippen LogP contribution in [0.1, 0.15) is 51.3 Å². The summed E-state index contributed by atoms with van der Waals surface area (Å²) in [5.74, 6) is 0.955. The molecule has 1 heterocycles. The summed E-state index contributed by atoms with van der Waals surface area (Å²) in [5, 5.41) is 11.9. The van der Waals surface area contributed by atoms with Gasteiger partial charge in [-0.15, -0.1) is 11.3 Å². The zero-order valence-electron chi connectivity index (χ0n) is 14.4. The highest BCUT2D eigenvalue weighted by Gasteiger charge is 2.13. The average Bonchev–Trinajstić information content (AvgIpc) is 2.82. The van der Waals surface area contributed by atoms with Gasteiger partial charge in [0.05, 0.1) is 4.88 Å². The molecule has 1 N–H and O–H groups in total. The topological polar surface area (TPSA) is 37.3 Å². The van der Waals surface area contributed by atoms with E-state index >= 15 is 0 Å². The molecule has 3 heteroatoms. The van der Waals surface area contributed by atoms with Crippen LogP contribution in [0.3, 0.4) is 0 Å². The first-order valence-corrected chi connectivity index (χ1v) is 8.77. The molecule has 2 rings (SSSR count). The smallest absolute Gasteiger partial charge is 0.196 e. The number of aryl methyl sites for hydroxylation is 2. The normalized spacial score (nSPS) is 11.6. The second-order valence-electron chi connectivity index (χ2n) is 6.51. The van der Waals surface area contributed by atoms with Crippen LogP contribution in [0.25, 0.3) is 6.08 Å². The number of benzene rings is 1. The molecular weight excluding hydrogens is 304 g/mol. The van der Waals surface area contributed by atoms with E-state index in [-0.39, 0.29) is 5.78 Å². The molecule has 0 bridgehead atoms. The number of hydrogen-bond acceptors (Lipinski definition) is 3. The van der Waals surface area contributed by atoms with E-state index in [0.29, 0.717) is 11.7 Å². The van der Waals surface area contributed by atoms with Gasteiger partial charge in [0, 0.05) is 0 Å². The van der Waals surface area contributed by atoms with E-state index in [1.807, 2.05) is 39.0 Å². The van der Waals surface area contributed by atoms with Gasteiger partial charge in [0.1, 0.15) is 5.75 Å². The van der Waals surface area contributed by atoms with E-state index in [0.717, 1.165) is 33.6 Å². The van der Waals surface area contributed by atoms with Crippen LogP contribution in [0, 0.1) is 26.7 Å². The number of phenolic OH excluding ortho intramolecular Hbond substituents is 1. The van der Waals surface area contributed by atoms with Crippen molar-refractivity contribution in [2.24, 2.45) is 5.92 Å². The number of hydrogen-bond donors (Lipinski definition) is 1. The lowest BCUT2D eigenvalue weighted by atomic mass is 10.0. The summed E-state index contributed by atoms with van der Waals surface area (Å²) in [6.45, 7) is 10.1. The van der Waals surface area contributed by atoms with Gasteiger partial charge >= 0.3 is 0 Å². The number of allylic oxidation sites excluding steroid dienone is 1. The van der Waals surface area contributed by atoms with E-state index in [4.69, 9.17) is 0 Å². The Hall–Kier alpha value is -1.87. The number of thiophene rings is 1. The molecule has 122 valence electrons. The Labute approximate surface area is 142 Å². The van der Waals surface area contributed by atoms with Gasteiger partial charge in [-0.1, -0.05) is 19.9 Å². The van der Waals surface area contributed by atoms with Crippen LogP contribution < -0.4 is 0 Å². The maximum atomic E-state index is 12.4. The molecule has 0 saturated heterocycles. The van der Waals surface area contributed by atoms with Crippen molar-refractivity contribution in [2.45, 2.75) is 41.0 Å². The third-order valence-electron chi connectivity index (χ3n) is 3.93. The highest BCUT2D eigenvalue weighted by molar-refractivity contribution is 7.12. The summed E-state index contributed by atoms with van der Waals surface area (Å²) >= 11 is 1.53. The minimum Gasteiger partial charge on any atom is -0.507 e. The molecule has 0 aliphatic carbocycles. The minimum atomic E-state index is 0.0471. The van der Waals surface area contributed by atoms with E-state index in [1.54, 1.807) is 6.08 Å². The number of carbonyl (C=O) groups is 1. The van der Waals surface area contributed by atoms with Gasteiger partial charge in [0.2, 0.25) is 0 Å². The van der Waals surface area contributed by atoms with Gasteiger partial charge in [0.25, 0.3) is 0 Å². The predicted octanol–water partition coefficient (Wildman–Crippen LogP) is 5.47. The molecule has 0 spiro atoms. The van der Waals surface area contributed by atoms with Gasteiger partial charge < -0.3 is 5.11 Å².